The van der Waals surface area contributed by atoms with E-state index in [1.807, 2.05) is 42.5 Å². The number of aryl methyl sites for hydroxylation is 1. The molecule has 0 N–H and O–H groups in total. The molecule has 28 heavy (non-hydrogen) atoms. The minimum atomic E-state index is -0.143. The average Bonchev–Trinajstić information content (AvgIpc) is 3.38. The number of amides is 1. The highest BCUT2D eigenvalue weighted by molar-refractivity contribution is 6.37. The van der Waals surface area contributed by atoms with Gasteiger partial charge in [0.2, 0.25) is 0 Å². The molecule has 0 bridgehead atoms. The SMILES string of the molecule is O=C1/C(=C\c2ccc3c(c2)C=CCC3)C(c2ccoc2)=NN1c1ccccc1. The first-order chi connectivity index (χ1) is 13.8. The molecule has 136 valence electrons. The summed E-state index contributed by atoms with van der Waals surface area (Å²) in [5.41, 5.74) is 6.26. The third-order valence-electron chi connectivity index (χ3n) is 5.03. The van der Waals surface area contributed by atoms with E-state index in [9.17, 15) is 4.79 Å². The number of rotatable bonds is 3. The maximum absolute atomic E-state index is 13.2. The van der Waals surface area contributed by atoms with Crippen LogP contribution < -0.4 is 5.01 Å². The van der Waals surface area contributed by atoms with E-state index in [1.165, 1.54) is 16.1 Å². The van der Waals surface area contributed by atoms with Crippen LogP contribution in [0.5, 0.6) is 0 Å². The van der Waals surface area contributed by atoms with E-state index in [-0.39, 0.29) is 5.91 Å². The molecule has 1 aromatic heterocycles. The molecule has 2 aliphatic rings. The number of anilines is 1. The van der Waals surface area contributed by atoms with Gasteiger partial charge in [0.05, 0.1) is 23.8 Å². The van der Waals surface area contributed by atoms with Crippen molar-refractivity contribution in [2.75, 3.05) is 5.01 Å². The highest BCUT2D eigenvalue weighted by atomic mass is 16.3. The van der Waals surface area contributed by atoms with Crippen LogP contribution in [0.25, 0.3) is 12.2 Å². The van der Waals surface area contributed by atoms with Crippen molar-refractivity contribution in [3.05, 3.63) is 101 Å². The third kappa shape index (κ3) is 2.89. The summed E-state index contributed by atoms with van der Waals surface area (Å²) in [5.74, 6) is -0.143. The largest absolute Gasteiger partial charge is 0.472 e. The Morgan fingerprint density at radius 1 is 1.07 bits per heavy atom. The summed E-state index contributed by atoms with van der Waals surface area (Å²) in [6, 6.07) is 17.6. The Bertz CT molecular complexity index is 1120. The van der Waals surface area contributed by atoms with Crippen LogP contribution in [0, 0.1) is 0 Å². The molecule has 0 fully saturated rings. The fraction of sp³-hybridized carbons (Fsp3) is 0.0833. The van der Waals surface area contributed by atoms with Gasteiger partial charge in [-0.05, 0) is 59.9 Å². The quantitative estimate of drug-likeness (QED) is 0.607. The number of allylic oxidation sites excluding steroid dienone is 1. The van der Waals surface area contributed by atoms with Crippen LogP contribution in [-0.2, 0) is 11.2 Å². The molecule has 1 aliphatic carbocycles. The lowest BCUT2D eigenvalue weighted by atomic mass is 9.94. The van der Waals surface area contributed by atoms with E-state index in [4.69, 9.17) is 4.42 Å². The normalized spacial score (nSPS) is 17.1. The zero-order valence-corrected chi connectivity index (χ0v) is 15.2. The Hall–Kier alpha value is -3.66. The lowest BCUT2D eigenvalue weighted by Gasteiger charge is -2.12. The van der Waals surface area contributed by atoms with Gasteiger partial charge in [0.25, 0.3) is 5.91 Å². The van der Waals surface area contributed by atoms with E-state index in [0.717, 1.165) is 29.7 Å². The minimum absolute atomic E-state index is 0.143. The summed E-state index contributed by atoms with van der Waals surface area (Å²) in [6.07, 6.45) is 11.6. The van der Waals surface area contributed by atoms with Crippen LogP contribution in [-0.4, -0.2) is 11.6 Å². The number of hydrogen-bond acceptors (Lipinski definition) is 3. The second-order valence-electron chi connectivity index (χ2n) is 6.87. The van der Waals surface area contributed by atoms with Crippen LogP contribution in [0.4, 0.5) is 5.69 Å². The fourth-order valence-electron chi connectivity index (χ4n) is 3.60. The molecule has 0 radical (unpaired) electrons. The Morgan fingerprint density at radius 3 is 2.79 bits per heavy atom. The molecule has 0 unspecified atom stereocenters. The number of furan rings is 1. The number of para-hydroxylation sites is 1. The third-order valence-corrected chi connectivity index (χ3v) is 5.03. The molecule has 0 atom stereocenters. The molecule has 0 saturated heterocycles. The predicted molar refractivity (Wildman–Crippen MR) is 111 cm³/mol. The van der Waals surface area contributed by atoms with Crippen LogP contribution >= 0.6 is 0 Å². The lowest BCUT2D eigenvalue weighted by molar-refractivity contribution is -0.114. The molecule has 2 aromatic carbocycles. The molecule has 4 nitrogen and oxygen atoms in total. The topological polar surface area (TPSA) is 45.8 Å². The van der Waals surface area contributed by atoms with Gasteiger partial charge in [0.1, 0.15) is 5.71 Å². The van der Waals surface area contributed by atoms with Crippen molar-refractivity contribution in [1.29, 1.82) is 0 Å². The summed E-state index contributed by atoms with van der Waals surface area (Å²) in [5, 5.41) is 6.06. The van der Waals surface area contributed by atoms with Crippen LogP contribution in [0.15, 0.2) is 88.3 Å². The zero-order chi connectivity index (χ0) is 18.9. The second-order valence-corrected chi connectivity index (χ2v) is 6.87. The summed E-state index contributed by atoms with van der Waals surface area (Å²) < 4.78 is 5.23. The number of hydrogen-bond donors (Lipinski definition) is 0. The standard InChI is InChI=1S/C24H18N2O2/c27-24-22(15-17-10-11-18-6-4-5-7-19(18)14-17)23(20-12-13-28-16-20)25-26(24)21-8-2-1-3-9-21/h1-3,5,7-16H,4,6H2/b22-15-. The molecule has 5 rings (SSSR count). The summed E-state index contributed by atoms with van der Waals surface area (Å²) in [6.45, 7) is 0. The Balaban J connectivity index is 1.59. The molecule has 4 heteroatoms. The maximum Gasteiger partial charge on any atom is 0.281 e. The van der Waals surface area contributed by atoms with Crippen molar-refractivity contribution < 1.29 is 9.21 Å². The molecule has 2 heterocycles. The van der Waals surface area contributed by atoms with Crippen molar-refractivity contribution in [2.45, 2.75) is 12.8 Å². The number of benzene rings is 2. The van der Waals surface area contributed by atoms with Gasteiger partial charge in [-0.1, -0.05) is 42.5 Å². The van der Waals surface area contributed by atoms with Crippen LogP contribution in [0.3, 0.4) is 0 Å². The molecule has 0 saturated carbocycles. The molecule has 1 aliphatic heterocycles. The van der Waals surface area contributed by atoms with Gasteiger partial charge in [-0.25, -0.2) is 0 Å². The first kappa shape index (κ1) is 16.5. The van der Waals surface area contributed by atoms with Gasteiger partial charge in [0, 0.05) is 5.56 Å². The number of nitrogens with zero attached hydrogens (tertiary/aromatic N) is 2. The van der Waals surface area contributed by atoms with E-state index in [2.05, 4.69) is 35.5 Å². The molecule has 0 spiro atoms. The first-order valence-electron chi connectivity index (χ1n) is 9.32. The smallest absolute Gasteiger partial charge is 0.281 e. The molecule has 1 amide bonds. The van der Waals surface area contributed by atoms with E-state index in [1.54, 1.807) is 12.5 Å². The second kappa shape index (κ2) is 6.82. The van der Waals surface area contributed by atoms with Crippen molar-refractivity contribution in [1.82, 2.24) is 0 Å². The molecule has 3 aromatic rings. The van der Waals surface area contributed by atoms with Crippen molar-refractivity contribution in [3.8, 4) is 0 Å². The number of fused-ring (bicyclic) bond motifs is 1. The lowest BCUT2D eigenvalue weighted by Crippen LogP contribution is -2.21. The minimum Gasteiger partial charge on any atom is -0.472 e. The van der Waals surface area contributed by atoms with Crippen molar-refractivity contribution in [3.63, 3.8) is 0 Å². The summed E-state index contributed by atoms with van der Waals surface area (Å²) >= 11 is 0. The van der Waals surface area contributed by atoms with Gasteiger partial charge in [-0.3, -0.25) is 4.79 Å². The van der Waals surface area contributed by atoms with Gasteiger partial charge < -0.3 is 4.42 Å². The Morgan fingerprint density at radius 2 is 1.96 bits per heavy atom. The van der Waals surface area contributed by atoms with Crippen LogP contribution in [0.2, 0.25) is 0 Å². The summed E-state index contributed by atoms with van der Waals surface area (Å²) in [7, 11) is 0. The van der Waals surface area contributed by atoms with Crippen molar-refractivity contribution in [2.24, 2.45) is 5.10 Å². The Labute approximate surface area is 163 Å². The van der Waals surface area contributed by atoms with Gasteiger partial charge in [-0.15, -0.1) is 0 Å². The monoisotopic (exact) mass is 366 g/mol. The van der Waals surface area contributed by atoms with Gasteiger partial charge in [-0.2, -0.15) is 10.1 Å². The van der Waals surface area contributed by atoms with Gasteiger partial charge >= 0.3 is 0 Å². The van der Waals surface area contributed by atoms with E-state index >= 15 is 0 Å². The van der Waals surface area contributed by atoms with Crippen molar-refractivity contribution >= 4 is 29.5 Å². The number of carbonyl (C=O) groups is 1. The predicted octanol–water partition coefficient (Wildman–Crippen LogP) is 5.07. The number of carbonyl (C=O) groups excluding carboxylic acids is 1. The number of hydrazone groups is 1. The van der Waals surface area contributed by atoms with Crippen LogP contribution in [0.1, 0.15) is 28.7 Å². The fourth-order valence-corrected chi connectivity index (χ4v) is 3.60. The zero-order valence-electron chi connectivity index (χ0n) is 15.2. The maximum atomic E-state index is 13.2. The highest BCUT2D eigenvalue weighted by Gasteiger charge is 2.32. The average molecular weight is 366 g/mol. The van der Waals surface area contributed by atoms with E-state index in [0.29, 0.717) is 11.3 Å². The Kier molecular flexibility index (Phi) is 4.02. The molecular weight excluding hydrogens is 348 g/mol. The first-order valence-corrected chi connectivity index (χ1v) is 9.32. The molecular formula is C24H18N2O2. The highest BCUT2D eigenvalue weighted by Crippen LogP contribution is 2.29. The van der Waals surface area contributed by atoms with Gasteiger partial charge in [0.15, 0.2) is 0 Å². The summed E-state index contributed by atoms with van der Waals surface area (Å²) in [4.78, 5) is 13.2. The van der Waals surface area contributed by atoms with E-state index < -0.39 is 0 Å².